The van der Waals surface area contributed by atoms with Crippen LogP contribution in [-0.4, -0.2) is 38.6 Å². The lowest BCUT2D eigenvalue weighted by Crippen LogP contribution is -2.41. The molecule has 0 aromatic heterocycles. The van der Waals surface area contributed by atoms with Gasteiger partial charge in [0, 0.05) is 18.1 Å². The van der Waals surface area contributed by atoms with Crippen LogP contribution in [0.2, 0.25) is 0 Å². The molecule has 1 aromatic rings. The van der Waals surface area contributed by atoms with E-state index < -0.39 is 24.6 Å². The van der Waals surface area contributed by atoms with Crippen LogP contribution in [0.15, 0.2) is 30.7 Å². The van der Waals surface area contributed by atoms with E-state index in [4.69, 9.17) is 28.3 Å². The van der Waals surface area contributed by atoms with E-state index in [9.17, 15) is 0 Å². The second kappa shape index (κ2) is 6.90. The number of hydrogen-bond acceptors (Lipinski definition) is 6. The van der Waals surface area contributed by atoms with Gasteiger partial charge in [-0.2, -0.15) is 0 Å². The molecule has 1 saturated heterocycles. The Morgan fingerprint density at radius 3 is 2.24 bits per heavy atom. The minimum atomic E-state index is -0.500. The molecule has 0 unspecified atom stereocenters. The SMILES string of the molecule is COCCOc1cc(C2OC=CO2)ccc1B1OC(C)(C)C(C)(C)O1. The molecule has 6 nitrogen and oxygen atoms in total. The van der Waals surface area contributed by atoms with Crippen molar-refractivity contribution in [3.05, 3.63) is 36.3 Å². The van der Waals surface area contributed by atoms with Crippen molar-refractivity contribution in [2.45, 2.75) is 45.2 Å². The molecule has 3 rings (SSSR count). The molecule has 0 aliphatic carbocycles. The molecule has 0 radical (unpaired) electrons. The summed E-state index contributed by atoms with van der Waals surface area (Å²) in [7, 11) is 1.14. The number of methoxy groups -OCH3 is 1. The Bertz CT molecular complexity index is 618. The van der Waals surface area contributed by atoms with Gasteiger partial charge in [0.05, 0.1) is 17.8 Å². The first kappa shape index (κ1) is 18.1. The van der Waals surface area contributed by atoms with Gasteiger partial charge in [-0.1, -0.05) is 12.1 Å². The highest BCUT2D eigenvalue weighted by atomic mass is 16.7. The van der Waals surface area contributed by atoms with Crippen molar-refractivity contribution in [3.8, 4) is 5.75 Å². The first-order valence-electron chi connectivity index (χ1n) is 8.41. The van der Waals surface area contributed by atoms with Gasteiger partial charge in [-0.3, -0.25) is 0 Å². The van der Waals surface area contributed by atoms with E-state index in [0.29, 0.717) is 19.0 Å². The van der Waals surface area contributed by atoms with Crippen LogP contribution < -0.4 is 10.2 Å². The lowest BCUT2D eigenvalue weighted by molar-refractivity contribution is -0.0247. The molecule has 136 valence electrons. The summed E-state index contributed by atoms with van der Waals surface area (Å²) in [6.45, 7) is 9.02. The standard InChI is InChI=1S/C18H25BO6/c1-17(2)18(3,4)25-19(24-17)14-7-6-13(16-22-10-11-23-16)12-15(14)21-9-8-20-5/h6-7,10-12,16H,8-9H2,1-5H3. The molecule has 0 spiro atoms. The monoisotopic (exact) mass is 348 g/mol. The molecule has 25 heavy (non-hydrogen) atoms. The third-order valence-corrected chi connectivity index (χ3v) is 4.82. The Balaban J connectivity index is 1.86. The summed E-state index contributed by atoms with van der Waals surface area (Å²) in [6, 6.07) is 5.76. The summed E-state index contributed by atoms with van der Waals surface area (Å²) in [5.74, 6) is 0.673. The van der Waals surface area contributed by atoms with Crippen molar-refractivity contribution in [1.82, 2.24) is 0 Å². The number of hydrogen-bond donors (Lipinski definition) is 0. The fraction of sp³-hybridized carbons (Fsp3) is 0.556. The molecule has 0 amide bonds. The molecule has 0 N–H and O–H groups in total. The van der Waals surface area contributed by atoms with Crippen LogP contribution in [0.4, 0.5) is 0 Å². The smallest absolute Gasteiger partial charge is 0.492 e. The van der Waals surface area contributed by atoms with Crippen molar-refractivity contribution in [2.24, 2.45) is 0 Å². The van der Waals surface area contributed by atoms with Crippen LogP contribution in [0.25, 0.3) is 0 Å². The second-order valence-electron chi connectivity index (χ2n) is 7.10. The van der Waals surface area contributed by atoms with E-state index >= 15 is 0 Å². The predicted molar refractivity (Wildman–Crippen MR) is 93.6 cm³/mol. The van der Waals surface area contributed by atoms with Gasteiger partial charge in [0.25, 0.3) is 6.29 Å². The number of benzene rings is 1. The van der Waals surface area contributed by atoms with Gasteiger partial charge in [-0.05, 0) is 33.8 Å². The van der Waals surface area contributed by atoms with Crippen molar-refractivity contribution in [1.29, 1.82) is 0 Å². The van der Waals surface area contributed by atoms with Gasteiger partial charge in [-0.25, -0.2) is 0 Å². The zero-order chi connectivity index (χ0) is 18.1. The van der Waals surface area contributed by atoms with Crippen LogP contribution in [0.1, 0.15) is 39.5 Å². The van der Waals surface area contributed by atoms with Crippen molar-refractivity contribution >= 4 is 12.6 Å². The predicted octanol–water partition coefficient (Wildman–Crippen LogP) is 2.53. The summed E-state index contributed by atoms with van der Waals surface area (Å²) >= 11 is 0. The summed E-state index contributed by atoms with van der Waals surface area (Å²) < 4.78 is 34.1. The molecule has 1 aromatic carbocycles. The molecule has 0 bridgehead atoms. The van der Waals surface area contributed by atoms with Gasteiger partial charge < -0.3 is 28.3 Å². The van der Waals surface area contributed by atoms with Crippen LogP contribution in [0.3, 0.4) is 0 Å². The maximum Gasteiger partial charge on any atom is 0.498 e. The minimum Gasteiger partial charge on any atom is -0.492 e. The van der Waals surface area contributed by atoms with E-state index in [2.05, 4.69) is 0 Å². The maximum absolute atomic E-state index is 6.15. The molecular weight excluding hydrogens is 323 g/mol. The molecule has 2 aliphatic rings. The van der Waals surface area contributed by atoms with E-state index in [1.807, 2.05) is 45.9 Å². The first-order chi connectivity index (χ1) is 11.8. The second-order valence-corrected chi connectivity index (χ2v) is 7.10. The van der Waals surface area contributed by atoms with Crippen molar-refractivity contribution < 1.29 is 28.3 Å². The van der Waals surface area contributed by atoms with E-state index in [1.54, 1.807) is 7.11 Å². The highest BCUT2D eigenvalue weighted by Gasteiger charge is 2.52. The van der Waals surface area contributed by atoms with Crippen LogP contribution in [-0.2, 0) is 23.5 Å². The quantitative estimate of drug-likeness (QED) is 0.582. The van der Waals surface area contributed by atoms with Gasteiger partial charge in [0.2, 0.25) is 0 Å². The lowest BCUT2D eigenvalue weighted by atomic mass is 9.78. The van der Waals surface area contributed by atoms with Gasteiger partial charge in [0.1, 0.15) is 24.9 Å². The Kier molecular flexibility index (Phi) is 5.00. The Morgan fingerprint density at radius 2 is 1.64 bits per heavy atom. The maximum atomic E-state index is 6.15. The van der Waals surface area contributed by atoms with Crippen LogP contribution >= 0.6 is 0 Å². The summed E-state index contributed by atoms with van der Waals surface area (Å²) in [6.07, 6.45) is 2.59. The van der Waals surface area contributed by atoms with E-state index in [1.165, 1.54) is 12.5 Å². The minimum absolute atomic E-state index is 0.415. The fourth-order valence-corrected chi connectivity index (χ4v) is 2.62. The molecule has 7 heteroatoms. The largest absolute Gasteiger partial charge is 0.498 e. The summed E-state index contributed by atoms with van der Waals surface area (Å²) in [5, 5.41) is 0. The average Bonchev–Trinajstić information content (AvgIpc) is 3.14. The average molecular weight is 348 g/mol. The van der Waals surface area contributed by atoms with Crippen LogP contribution in [0.5, 0.6) is 5.75 Å². The highest BCUT2D eigenvalue weighted by Crippen LogP contribution is 2.37. The Hall–Kier alpha value is -1.70. The highest BCUT2D eigenvalue weighted by molar-refractivity contribution is 6.63. The Labute approximate surface area is 149 Å². The van der Waals surface area contributed by atoms with Crippen LogP contribution in [0, 0.1) is 0 Å². The third-order valence-electron chi connectivity index (χ3n) is 4.82. The molecule has 2 aliphatic heterocycles. The fourth-order valence-electron chi connectivity index (χ4n) is 2.62. The molecule has 2 heterocycles. The van der Waals surface area contributed by atoms with E-state index in [-0.39, 0.29) is 0 Å². The molecular formula is C18H25BO6. The summed E-state index contributed by atoms with van der Waals surface area (Å²) in [5.41, 5.74) is 0.867. The number of ether oxygens (including phenoxy) is 4. The molecule has 0 atom stereocenters. The van der Waals surface area contributed by atoms with E-state index in [0.717, 1.165) is 11.0 Å². The third kappa shape index (κ3) is 3.63. The van der Waals surface area contributed by atoms with Gasteiger partial charge >= 0.3 is 7.12 Å². The zero-order valence-electron chi connectivity index (χ0n) is 15.4. The first-order valence-corrected chi connectivity index (χ1v) is 8.41. The lowest BCUT2D eigenvalue weighted by Gasteiger charge is -2.32. The summed E-state index contributed by atoms with van der Waals surface area (Å²) in [4.78, 5) is 0. The Morgan fingerprint density at radius 1 is 1.00 bits per heavy atom. The number of rotatable bonds is 6. The zero-order valence-corrected chi connectivity index (χ0v) is 15.4. The van der Waals surface area contributed by atoms with Crippen molar-refractivity contribution in [3.63, 3.8) is 0 Å². The normalized spacial score (nSPS) is 21.2. The van der Waals surface area contributed by atoms with Gasteiger partial charge in [-0.15, -0.1) is 0 Å². The van der Waals surface area contributed by atoms with Crippen molar-refractivity contribution in [2.75, 3.05) is 20.3 Å². The molecule has 0 saturated carbocycles. The molecule has 1 fully saturated rings. The topological polar surface area (TPSA) is 55.4 Å². The van der Waals surface area contributed by atoms with Gasteiger partial charge in [0.15, 0.2) is 0 Å².